The molecule has 4 rings (SSSR count). The Labute approximate surface area is 197 Å². The van der Waals surface area contributed by atoms with Gasteiger partial charge in [-0.1, -0.05) is 48.5 Å². The predicted molar refractivity (Wildman–Crippen MR) is 129 cm³/mol. The normalized spacial score (nSPS) is 15.4. The second-order valence-corrected chi connectivity index (χ2v) is 8.64. The molecule has 6 nitrogen and oxygen atoms in total. The summed E-state index contributed by atoms with van der Waals surface area (Å²) in [7, 11) is 1.61. The van der Waals surface area contributed by atoms with Crippen molar-refractivity contribution in [1.29, 1.82) is 0 Å². The number of hydrogen-bond acceptors (Lipinski definition) is 5. The summed E-state index contributed by atoms with van der Waals surface area (Å²) < 4.78 is 10.8. The molecule has 1 N–H and O–H groups in total. The van der Waals surface area contributed by atoms with Gasteiger partial charge in [-0.25, -0.2) is 0 Å². The molecule has 33 heavy (non-hydrogen) atoms. The van der Waals surface area contributed by atoms with Gasteiger partial charge in [-0.05, 0) is 35.4 Å². The van der Waals surface area contributed by atoms with Gasteiger partial charge in [0.15, 0.2) is 0 Å². The van der Waals surface area contributed by atoms with E-state index in [1.54, 1.807) is 37.1 Å². The second-order valence-electron chi connectivity index (χ2n) is 7.58. The first-order valence-corrected chi connectivity index (χ1v) is 11.8. The topological polar surface area (TPSA) is 67.9 Å². The van der Waals surface area contributed by atoms with Crippen molar-refractivity contribution >= 4 is 23.6 Å². The molecule has 7 heteroatoms. The van der Waals surface area contributed by atoms with Crippen LogP contribution in [-0.2, 0) is 11.3 Å². The van der Waals surface area contributed by atoms with Crippen molar-refractivity contribution < 1.29 is 19.1 Å². The molecule has 1 saturated heterocycles. The zero-order chi connectivity index (χ0) is 23.0. The zero-order valence-corrected chi connectivity index (χ0v) is 19.2. The Morgan fingerprint density at radius 1 is 1.03 bits per heavy atom. The first-order valence-electron chi connectivity index (χ1n) is 10.7. The number of methoxy groups -OCH3 is 1. The average molecular weight is 463 g/mol. The van der Waals surface area contributed by atoms with Gasteiger partial charge in [-0.3, -0.25) is 9.59 Å². The van der Waals surface area contributed by atoms with Crippen molar-refractivity contribution in [2.75, 3.05) is 26.0 Å². The number of hydrogen-bond donors (Lipinski definition) is 1. The standard InChI is InChI=1S/C26H26N2O4S/c1-31-22-8-5-9-23(16-22)32-15-14-27-25(30)20-10-12-21(13-11-20)26-28(24(29)18-33-26)17-19-6-3-2-4-7-19/h2-13,16,26H,14-15,17-18H2,1H3,(H,27,30)/t26-/m0/s1. The number of rotatable bonds is 9. The monoisotopic (exact) mass is 462 g/mol. The fourth-order valence-corrected chi connectivity index (χ4v) is 4.79. The summed E-state index contributed by atoms with van der Waals surface area (Å²) in [5, 5.41) is 2.82. The van der Waals surface area contributed by atoms with Gasteiger partial charge in [0.2, 0.25) is 5.91 Å². The minimum absolute atomic E-state index is 0.0499. The minimum atomic E-state index is -0.160. The van der Waals surface area contributed by atoms with Crippen molar-refractivity contribution in [3.63, 3.8) is 0 Å². The summed E-state index contributed by atoms with van der Waals surface area (Å²) in [5.41, 5.74) is 2.69. The van der Waals surface area contributed by atoms with Crippen LogP contribution in [0, 0.1) is 0 Å². The largest absolute Gasteiger partial charge is 0.497 e. The highest BCUT2D eigenvalue weighted by molar-refractivity contribution is 8.00. The van der Waals surface area contributed by atoms with Crippen LogP contribution in [0.4, 0.5) is 0 Å². The van der Waals surface area contributed by atoms with E-state index < -0.39 is 0 Å². The van der Waals surface area contributed by atoms with E-state index in [0.29, 0.717) is 36.8 Å². The number of thioether (sulfide) groups is 1. The lowest BCUT2D eigenvalue weighted by atomic mass is 10.1. The van der Waals surface area contributed by atoms with Crippen molar-refractivity contribution in [1.82, 2.24) is 10.2 Å². The van der Waals surface area contributed by atoms with Gasteiger partial charge in [0.25, 0.3) is 5.91 Å². The van der Waals surface area contributed by atoms with E-state index >= 15 is 0 Å². The summed E-state index contributed by atoms with van der Waals surface area (Å²) in [6, 6.07) is 24.8. The van der Waals surface area contributed by atoms with E-state index in [9.17, 15) is 9.59 Å². The van der Waals surface area contributed by atoms with Crippen LogP contribution in [0.15, 0.2) is 78.9 Å². The summed E-state index contributed by atoms with van der Waals surface area (Å²) in [4.78, 5) is 26.8. The van der Waals surface area contributed by atoms with Gasteiger partial charge in [-0.15, -0.1) is 11.8 Å². The molecule has 0 aliphatic carbocycles. The maximum Gasteiger partial charge on any atom is 0.251 e. The molecule has 0 saturated carbocycles. The number of carbonyl (C=O) groups is 2. The van der Waals surface area contributed by atoms with Crippen LogP contribution >= 0.6 is 11.8 Å². The molecule has 0 bridgehead atoms. The summed E-state index contributed by atoms with van der Waals surface area (Å²) in [5.74, 6) is 1.85. The third-order valence-corrected chi connectivity index (χ3v) is 6.58. The van der Waals surface area contributed by atoms with Gasteiger partial charge in [-0.2, -0.15) is 0 Å². The first kappa shape index (κ1) is 22.7. The van der Waals surface area contributed by atoms with Gasteiger partial charge in [0.1, 0.15) is 23.5 Å². The van der Waals surface area contributed by atoms with Crippen LogP contribution in [-0.4, -0.2) is 42.7 Å². The molecule has 1 aliphatic heterocycles. The van der Waals surface area contributed by atoms with Crippen LogP contribution in [0.25, 0.3) is 0 Å². The molecule has 0 radical (unpaired) electrons. The number of nitrogens with zero attached hydrogens (tertiary/aromatic N) is 1. The molecular weight excluding hydrogens is 436 g/mol. The number of nitrogens with one attached hydrogen (secondary N) is 1. The van der Waals surface area contributed by atoms with Crippen molar-refractivity contribution in [3.8, 4) is 11.5 Å². The average Bonchev–Trinajstić information content (AvgIpc) is 3.22. The van der Waals surface area contributed by atoms with Crippen LogP contribution in [0.3, 0.4) is 0 Å². The SMILES string of the molecule is COc1cccc(OCCNC(=O)c2ccc([C@@H]3SCC(=O)N3Cc3ccccc3)cc2)c1. The summed E-state index contributed by atoms with van der Waals surface area (Å²) >= 11 is 1.61. The minimum Gasteiger partial charge on any atom is -0.497 e. The number of benzene rings is 3. The van der Waals surface area contributed by atoms with Crippen molar-refractivity contribution in [2.24, 2.45) is 0 Å². The first-order chi connectivity index (χ1) is 16.1. The maximum absolute atomic E-state index is 12.5. The van der Waals surface area contributed by atoms with E-state index in [2.05, 4.69) is 5.32 Å². The highest BCUT2D eigenvalue weighted by Gasteiger charge is 2.32. The third-order valence-electron chi connectivity index (χ3n) is 5.32. The maximum atomic E-state index is 12.5. The van der Waals surface area contributed by atoms with Crippen LogP contribution in [0.1, 0.15) is 26.9 Å². The lowest BCUT2D eigenvalue weighted by Crippen LogP contribution is -2.28. The Morgan fingerprint density at radius 2 is 1.79 bits per heavy atom. The number of ether oxygens (including phenoxy) is 2. The quantitative estimate of drug-likeness (QED) is 0.481. The molecule has 0 spiro atoms. The van der Waals surface area contributed by atoms with Gasteiger partial charge in [0.05, 0.1) is 19.4 Å². The fraction of sp³-hybridized carbons (Fsp3) is 0.231. The van der Waals surface area contributed by atoms with Crippen LogP contribution in [0.2, 0.25) is 0 Å². The lowest BCUT2D eigenvalue weighted by molar-refractivity contribution is -0.128. The molecule has 1 aliphatic rings. The van der Waals surface area contributed by atoms with Gasteiger partial charge >= 0.3 is 0 Å². The molecule has 3 aromatic rings. The molecule has 1 heterocycles. The summed E-state index contributed by atoms with van der Waals surface area (Å²) in [6.07, 6.45) is 0. The second kappa shape index (κ2) is 10.9. The Bertz CT molecular complexity index is 1090. The van der Waals surface area contributed by atoms with E-state index in [-0.39, 0.29) is 17.2 Å². The molecule has 2 amide bonds. The van der Waals surface area contributed by atoms with Gasteiger partial charge < -0.3 is 19.7 Å². The van der Waals surface area contributed by atoms with Crippen LogP contribution in [0.5, 0.6) is 11.5 Å². The van der Waals surface area contributed by atoms with Crippen molar-refractivity contribution in [2.45, 2.75) is 11.9 Å². The smallest absolute Gasteiger partial charge is 0.251 e. The zero-order valence-electron chi connectivity index (χ0n) is 18.4. The van der Waals surface area contributed by atoms with Crippen LogP contribution < -0.4 is 14.8 Å². The van der Waals surface area contributed by atoms with E-state index in [1.807, 2.05) is 65.6 Å². The summed E-state index contributed by atoms with van der Waals surface area (Å²) in [6.45, 7) is 1.31. The third kappa shape index (κ3) is 5.87. The van der Waals surface area contributed by atoms with E-state index in [4.69, 9.17) is 9.47 Å². The molecule has 0 aromatic heterocycles. The predicted octanol–water partition coefficient (Wildman–Crippen LogP) is 4.28. The molecule has 1 atom stereocenters. The molecular formula is C26H26N2O4S. The Hall–Kier alpha value is -3.45. The molecule has 3 aromatic carbocycles. The number of carbonyl (C=O) groups excluding carboxylic acids is 2. The molecule has 0 unspecified atom stereocenters. The Morgan fingerprint density at radius 3 is 2.55 bits per heavy atom. The van der Waals surface area contributed by atoms with Gasteiger partial charge in [0, 0.05) is 18.2 Å². The lowest BCUT2D eigenvalue weighted by Gasteiger charge is -2.24. The fourth-order valence-electron chi connectivity index (χ4n) is 3.61. The number of amides is 2. The van der Waals surface area contributed by atoms with E-state index in [1.165, 1.54) is 0 Å². The molecule has 1 fully saturated rings. The Kier molecular flexibility index (Phi) is 7.52. The Balaban J connectivity index is 1.30. The van der Waals surface area contributed by atoms with E-state index in [0.717, 1.165) is 16.9 Å². The highest BCUT2D eigenvalue weighted by atomic mass is 32.2. The molecule has 170 valence electrons. The highest BCUT2D eigenvalue weighted by Crippen LogP contribution is 2.39. The van der Waals surface area contributed by atoms with Crippen molar-refractivity contribution in [3.05, 3.63) is 95.6 Å².